The molecule has 0 amide bonds. The summed E-state index contributed by atoms with van der Waals surface area (Å²) in [5.74, 6) is 0.808. The van der Waals surface area contributed by atoms with Crippen LogP contribution in [0.2, 0.25) is 5.15 Å². The number of nitrogens with zero attached hydrogens (tertiary/aromatic N) is 4. The summed E-state index contributed by atoms with van der Waals surface area (Å²) >= 11 is 5.76. The molecule has 0 spiro atoms. The smallest absolute Gasteiger partial charge is 0.190 e. The number of guanidine groups is 1. The summed E-state index contributed by atoms with van der Waals surface area (Å²) in [5.41, 5.74) is 1.14. The van der Waals surface area contributed by atoms with Crippen LogP contribution in [0, 0.1) is 0 Å². The fraction of sp³-hybridized carbons (Fsp3) is 0.400. The lowest BCUT2D eigenvalue weighted by Gasteiger charge is -2.11. The minimum atomic E-state index is 0. The third-order valence-corrected chi connectivity index (χ3v) is 3.36. The minimum absolute atomic E-state index is 0. The van der Waals surface area contributed by atoms with Gasteiger partial charge >= 0.3 is 0 Å². The van der Waals surface area contributed by atoms with Crippen molar-refractivity contribution < 1.29 is 0 Å². The first-order valence-corrected chi connectivity index (χ1v) is 7.68. The van der Waals surface area contributed by atoms with Gasteiger partial charge in [-0.05, 0) is 30.5 Å². The molecule has 0 saturated heterocycles. The molecule has 0 aliphatic rings. The lowest BCUT2D eigenvalue weighted by Crippen LogP contribution is -2.39. The van der Waals surface area contributed by atoms with Crippen LogP contribution in [0.3, 0.4) is 0 Å². The number of rotatable bonds is 7. The van der Waals surface area contributed by atoms with Crippen LogP contribution in [0.15, 0.2) is 41.8 Å². The molecule has 0 aliphatic carbocycles. The molecule has 0 unspecified atom stereocenters. The van der Waals surface area contributed by atoms with Crippen LogP contribution in [-0.4, -0.2) is 40.9 Å². The van der Waals surface area contributed by atoms with Gasteiger partial charge < -0.3 is 10.6 Å². The maximum absolute atomic E-state index is 5.76. The summed E-state index contributed by atoms with van der Waals surface area (Å²) in [6.45, 7) is 2.54. The van der Waals surface area contributed by atoms with Gasteiger partial charge in [0.2, 0.25) is 0 Å². The van der Waals surface area contributed by atoms with Gasteiger partial charge in [-0.25, -0.2) is 4.98 Å². The second kappa shape index (κ2) is 11.2. The van der Waals surface area contributed by atoms with Gasteiger partial charge in [0.1, 0.15) is 5.15 Å². The first kappa shape index (κ1) is 19.7. The maximum atomic E-state index is 5.76. The van der Waals surface area contributed by atoms with Crippen molar-refractivity contribution in [2.24, 2.45) is 4.99 Å². The van der Waals surface area contributed by atoms with Crippen molar-refractivity contribution in [3.63, 3.8) is 0 Å². The molecule has 0 radical (unpaired) electrons. The van der Waals surface area contributed by atoms with E-state index in [1.165, 1.54) is 0 Å². The normalized spacial score (nSPS) is 11.0. The predicted octanol–water partition coefficient (Wildman–Crippen LogP) is 2.35. The van der Waals surface area contributed by atoms with Crippen molar-refractivity contribution in [3.8, 4) is 0 Å². The van der Waals surface area contributed by atoms with E-state index >= 15 is 0 Å². The Bertz CT molecular complexity index is 570. The zero-order valence-corrected chi connectivity index (χ0v) is 16.2. The Morgan fingerprint density at radius 2 is 2.13 bits per heavy atom. The van der Waals surface area contributed by atoms with E-state index < -0.39 is 0 Å². The molecule has 23 heavy (non-hydrogen) atoms. The van der Waals surface area contributed by atoms with E-state index in [9.17, 15) is 0 Å². The van der Waals surface area contributed by atoms with Gasteiger partial charge in [-0.2, -0.15) is 5.10 Å². The fourth-order valence-electron chi connectivity index (χ4n) is 1.98. The summed E-state index contributed by atoms with van der Waals surface area (Å²) in [6.07, 6.45) is 7.42. The SMILES string of the molecule is CN=C(NCCCn1cccn1)NCCc1ccc(Cl)nc1.I. The fourth-order valence-corrected chi connectivity index (χ4v) is 2.09. The van der Waals surface area contributed by atoms with E-state index in [0.717, 1.165) is 44.0 Å². The highest BCUT2D eigenvalue weighted by Gasteiger charge is 1.99. The maximum Gasteiger partial charge on any atom is 0.190 e. The Kier molecular flexibility index (Phi) is 9.61. The second-order valence-electron chi connectivity index (χ2n) is 4.79. The lowest BCUT2D eigenvalue weighted by atomic mass is 10.2. The topological polar surface area (TPSA) is 67.1 Å². The van der Waals surface area contributed by atoms with Crippen LogP contribution >= 0.6 is 35.6 Å². The molecule has 0 saturated carbocycles. The largest absolute Gasteiger partial charge is 0.356 e. The van der Waals surface area contributed by atoms with Crippen LogP contribution < -0.4 is 10.6 Å². The van der Waals surface area contributed by atoms with Crippen molar-refractivity contribution in [2.75, 3.05) is 20.1 Å². The van der Waals surface area contributed by atoms with Crippen LogP contribution in [0.5, 0.6) is 0 Å². The highest BCUT2D eigenvalue weighted by atomic mass is 127. The van der Waals surface area contributed by atoms with Crippen molar-refractivity contribution in [2.45, 2.75) is 19.4 Å². The first-order chi connectivity index (χ1) is 10.8. The van der Waals surface area contributed by atoms with Crippen LogP contribution in [0.1, 0.15) is 12.0 Å². The van der Waals surface area contributed by atoms with Crippen molar-refractivity contribution in [3.05, 3.63) is 47.5 Å². The number of hydrogen-bond donors (Lipinski definition) is 2. The number of nitrogens with one attached hydrogen (secondary N) is 2. The van der Waals surface area contributed by atoms with E-state index in [1.54, 1.807) is 25.5 Å². The summed E-state index contributed by atoms with van der Waals surface area (Å²) in [4.78, 5) is 8.27. The summed E-state index contributed by atoms with van der Waals surface area (Å²) in [6, 6.07) is 5.72. The number of hydrogen-bond acceptors (Lipinski definition) is 3. The molecule has 2 aromatic heterocycles. The van der Waals surface area contributed by atoms with Gasteiger partial charge in [0.15, 0.2) is 5.96 Å². The van der Waals surface area contributed by atoms with Crippen LogP contribution in [0.4, 0.5) is 0 Å². The van der Waals surface area contributed by atoms with Gasteiger partial charge in [-0.15, -0.1) is 24.0 Å². The van der Waals surface area contributed by atoms with Gasteiger partial charge in [-0.3, -0.25) is 9.67 Å². The van der Waals surface area contributed by atoms with E-state index in [0.29, 0.717) is 5.15 Å². The van der Waals surface area contributed by atoms with Crippen molar-refractivity contribution in [1.82, 2.24) is 25.4 Å². The summed E-state index contributed by atoms with van der Waals surface area (Å²) in [5, 5.41) is 11.3. The quantitative estimate of drug-likeness (QED) is 0.224. The molecular formula is C15H22ClIN6. The Labute approximate surface area is 158 Å². The minimum Gasteiger partial charge on any atom is -0.356 e. The van der Waals surface area contributed by atoms with Crippen molar-refractivity contribution >= 4 is 41.5 Å². The van der Waals surface area contributed by atoms with Crippen LogP contribution in [0.25, 0.3) is 0 Å². The number of aromatic nitrogens is 3. The third-order valence-electron chi connectivity index (χ3n) is 3.13. The lowest BCUT2D eigenvalue weighted by molar-refractivity contribution is 0.570. The average molecular weight is 449 g/mol. The summed E-state index contributed by atoms with van der Waals surface area (Å²) < 4.78 is 1.92. The summed E-state index contributed by atoms with van der Waals surface area (Å²) in [7, 11) is 1.77. The predicted molar refractivity (Wildman–Crippen MR) is 105 cm³/mol. The number of halogens is 2. The number of aliphatic imine (C=N–C) groups is 1. The third kappa shape index (κ3) is 7.65. The highest BCUT2D eigenvalue weighted by molar-refractivity contribution is 14.0. The molecule has 8 heteroatoms. The monoisotopic (exact) mass is 448 g/mol. The van der Waals surface area contributed by atoms with Gasteiger partial charge in [0.05, 0.1) is 0 Å². The molecule has 126 valence electrons. The zero-order chi connectivity index (χ0) is 15.6. The Balaban J connectivity index is 0.00000264. The zero-order valence-electron chi connectivity index (χ0n) is 13.1. The molecule has 0 bridgehead atoms. The molecule has 2 heterocycles. The standard InChI is InChI=1S/C15H21ClN6.HI/c1-17-15(18-7-2-10-22-11-3-8-21-22)19-9-6-13-4-5-14(16)20-12-13;/h3-5,8,11-12H,2,6-7,9-10H2,1H3,(H2,17,18,19);1H. The van der Waals surface area contributed by atoms with E-state index in [-0.39, 0.29) is 24.0 Å². The van der Waals surface area contributed by atoms with Crippen LogP contribution in [-0.2, 0) is 13.0 Å². The average Bonchev–Trinajstić information content (AvgIpc) is 3.05. The first-order valence-electron chi connectivity index (χ1n) is 7.30. The number of pyridine rings is 1. The molecule has 0 aliphatic heterocycles. The van der Waals surface area contributed by atoms with E-state index in [2.05, 4.69) is 25.7 Å². The molecule has 2 N–H and O–H groups in total. The van der Waals surface area contributed by atoms with Crippen molar-refractivity contribution in [1.29, 1.82) is 0 Å². The van der Waals surface area contributed by atoms with Gasteiger partial charge in [0, 0.05) is 45.3 Å². The Morgan fingerprint density at radius 1 is 1.30 bits per heavy atom. The molecule has 0 fully saturated rings. The number of aryl methyl sites for hydroxylation is 1. The molecule has 6 nitrogen and oxygen atoms in total. The van der Waals surface area contributed by atoms with Gasteiger partial charge in [-0.1, -0.05) is 17.7 Å². The highest BCUT2D eigenvalue weighted by Crippen LogP contribution is 2.05. The second-order valence-corrected chi connectivity index (χ2v) is 5.17. The van der Waals surface area contributed by atoms with E-state index in [1.807, 2.05) is 23.0 Å². The molecule has 0 aromatic carbocycles. The Hall–Kier alpha value is -1.35. The molecule has 2 rings (SSSR count). The molecule has 0 atom stereocenters. The molecular weight excluding hydrogens is 427 g/mol. The van der Waals surface area contributed by atoms with E-state index in [4.69, 9.17) is 11.6 Å². The molecule has 2 aromatic rings. The Morgan fingerprint density at radius 3 is 2.78 bits per heavy atom. The van der Waals surface area contributed by atoms with Gasteiger partial charge in [0.25, 0.3) is 0 Å².